The predicted octanol–water partition coefficient (Wildman–Crippen LogP) is 10.7. The average molecular weight is 975 g/mol. The first-order chi connectivity index (χ1) is 33.5. The van der Waals surface area contributed by atoms with Crippen LogP contribution < -0.4 is 0 Å². The van der Waals surface area contributed by atoms with Gasteiger partial charge >= 0.3 is 0 Å². The lowest BCUT2D eigenvalue weighted by Gasteiger charge is -2.51. The summed E-state index contributed by atoms with van der Waals surface area (Å²) in [6.07, 6.45) is 12.9. The molecule has 68 heavy (non-hydrogen) atoms. The average Bonchev–Trinajstić information content (AvgIpc) is 3.34. The highest BCUT2D eigenvalue weighted by Gasteiger charge is 2.55. The highest BCUT2D eigenvalue weighted by molar-refractivity contribution is 5.02. The molecule has 0 aromatic carbocycles. The van der Waals surface area contributed by atoms with Crippen LogP contribution in [0.1, 0.15) is 178 Å². The van der Waals surface area contributed by atoms with Crippen molar-refractivity contribution in [2.75, 3.05) is 79.3 Å². The van der Waals surface area contributed by atoms with Crippen LogP contribution in [0.3, 0.4) is 0 Å². The van der Waals surface area contributed by atoms with Gasteiger partial charge in [0.1, 0.15) is 61.0 Å². The summed E-state index contributed by atoms with van der Waals surface area (Å²) in [5, 5.41) is 0. The van der Waals surface area contributed by atoms with Gasteiger partial charge in [-0.15, -0.1) is 0 Å². The molecule has 13 atom stereocenters. The molecule has 0 aromatic heterocycles. The highest BCUT2D eigenvalue weighted by Crippen LogP contribution is 2.37. The first-order valence-corrected chi connectivity index (χ1v) is 27.8. The SMILES string of the molecule is CCCCOCC1OC=CC(OCCCC)C1OC1OC(COCCCC)C(OC2OC(COCCCC)C(OCCCC)C(OCCCC)C2OCCCC)C(OCCCC)C1OCCCC. The van der Waals surface area contributed by atoms with Crippen LogP contribution in [0.25, 0.3) is 0 Å². The number of ether oxygens (including phenoxy) is 14. The molecule has 3 rings (SSSR count). The smallest absolute Gasteiger partial charge is 0.187 e. The van der Waals surface area contributed by atoms with Crippen LogP contribution in [0.5, 0.6) is 0 Å². The minimum atomic E-state index is -0.890. The lowest BCUT2D eigenvalue weighted by Crippen LogP contribution is -2.67. The minimum Gasteiger partial charge on any atom is -0.493 e. The zero-order chi connectivity index (χ0) is 49.0. The number of hydrogen-bond acceptors (Lipinski definition) is 14. The van der Waals surface area contributed by atoms with E-state index < -0.39 is 79.7 Å². The van der Waals surface area contributed by atoms with Crippen LogP contribution in [0.2, 0.25) is 0 Å². The summed E-state index contributed by atoms with van der Waals surface area (Å²) in [5.74, 6) is 0. The van der Waals surface area contributed by atoms with E-state index in [9.17, 15) is 0 Å². The molecule has 0 saturated carbocycles. The summed E-state index contributed by atoms with van der Waals surface area (Å²) in [5.41, 5.74) is 0. The maximum Gasteiger partial charge on any atom is 0.187 e. The van der Waals surface area contributed by atoms with Crippen molar-refractivity contribution < 1.29 is 66.3 Å². The second-order valence-corrected chi connectivity index (χ2v) is 18.7. The molecule has 3 heterocycles. The first-order valence-electron chi connectivity index (χ1n) is 27.8. The zero-order valence-corrected chi connectivity index (χ0v) is 44.6. The molecule has 0 amide bonds. The second kappa shape index (κ2) is 39.5. The van der Waals surface area contributed by atoms with E-state index in [-0.39, 0.29) is 6.61 Å². The van der Waals surface area contributed by atoms with Crippen LogP contribution in [0.4, 0.5) is 0 Å². The van der Waals surface area contributed by atoms with Gasteiger partial charge in [0.05, 0.1) is 26.1 Å². The first kappa shape index (κ1) is 61.3. The summed E-state index contributed by atoms with van der Waals surface area (Å²) < 4.78 is 95.0. The molecule has 0 spiro atoms. The van der Waals surface area contributed by atoms with Crippen LogP contribution in [-0.4, -0.2) is 159 Å². The zero-order valence-electron chi connectivity index (χ0n) is 44.6. The molecule has 0 N–H and O–H groups in total. The van der Waals surface area contributed by atoms with Crippen molar-refractivity contribution in [3.63, 3.8) is 0 Å². The maximum atomic E-state index is 7.43. The molecule has 0 bridgehead atoms. The lowest BCUT2D eigenvalue weighted by molar-refractivity contribution is -0.381. The second-order valence-electron chi connectivity index (χ2n) is 18.7. The standard InChI is InChI=1S/C54H102O14/c1-10-19-29-55-39-43-46(42(28-38-59-43)58-32-22-13-4)67-53-52(64-37-27-18-9)50(62-35-25-16-7)48(45(66-53)41-57-31-21-12-3)68-54-51(63-36-26-17-8)49(61-34-24-15-6)47(60-33-23-14-5)44(65-54)40-56-30-20-11-2/h28,38,42-54H,10-27,29-37,39-41H2,1-9H3. The summed E-state index contributed by atoms with van der Waals surface area (Å²) >= 11 is 0. The highest BCUT2D eigenvalue weighted by atomic mass is 16.8. The molecule has 14 nitrogen and oxygen atoms in total. The van der Waals surface area contributed by atoms with Gasteiger partial charge in [-0.3, -0.25) is 0 Å². The molecule has 13 unspecified atom stereocenters. The summed E-state index contributed by atoms with van der Waals surface area (Å²) in [6, 6.07) is 0. The van der Waals surface area contributed by atoms with Gasteiger partial charge in [-0.2, -0.15) is 0 Å². The number of rotatable bonds is 43. The Hall–Kier alpha value is -0.980. The van der Waals surface area contributed by atoms with Crippen molar-refractivity contribution in [3.8, 4) is 0 Å². The Kier molecular flexibility index (Phi) is 35.7. The summed E-state index contributed by atoms with van der Waals surface area (Å²) in [7, 11) is 0. The van der Waals surface area contributed by atoms with Gasteiger partial charge in [-0.05, 0) is 63.9 Å². The van der Waals surface area contributed by atoms with E-state index in [1.807, 2.05) is 6.08 Å². The molecular weight excluding hydrogens is 873 g/mol. The predicted molar refractivity (Wildman–Crippen MR) is 266 cm³/mol. The summed E-state index contributed by atoms with van der Waals surface area (Å²) in [6.45, 7) is 25.4. The summed E-state index contributed by atoms with van der Waals surface area (Å²) in [4.78, 5) is 0. The Morgan fingerprint density at radius 2 is 0.647 bits per heavy atom. The number of hydrogen-bond donors (Lipinski definition) is 0. The molecule has 402 valence electrons. The third kappa shape index (κ3) is 22.4. The van der Waals surface area contributed by atoms with Crippen molar-refractivity contribution in [3.05, 3.63) is 12.3 Å². The fourth-order valence-corrected chi connectivity index (χ4v) is 8.24. The Morgan fingerprint density at radius 3 is 1.07 bits per heavy atom. The van der Waals surface area contributed by atoms with Crippen LogP contribution in [0, 0.1) is 0 Å². The van der Waals surface area contributed by atoms with Gasteiger partial charge in [0.25, 0.3) is 0 Å². The van der Waals surface area contributed by atoms with Gasteiger partial charge in [-0.1, -0.05) is 120 Å². The Balaban J connectivity index is 2.18. The molecule has 2 fully saturated rings. The van der Waals surface area contributed by atoms with Gasteiger partial charge in [0.15, 0.2) is 18.7 Å². The fraction of sp³-hybridized carbons (Fsp3) is 0.963. The molecule has 0 radical (unpaired) electrons. The Labute approximate surface area is 414 Å². The van der Waals surface area contributed by atoms with Crippen molar-refractivity contribution in [1.29, 1.82) is 0 Å². The van der Waals surface area contributed by atoms with E-state index in [0.717, 1.165) is 116 Å². The molecule has 14 heteroatoms. The van der Waals surface area contributed by atoms with Crippen molar-refractivity contribution in [2.24, 2.45) is 0 Å². The minimum absolute atomic E-state index is 0.234. The van der Waals surface area contributed by atoms with Crippen LogP contribution in [-0.2, 0) is 66.3 Å². The van der Waals surface area contributed by atoms with Crippen LogP contribution >= 0.6 is 0 Å². The van der Waals surface area contributed by atoms with Crippen molar-refractivity contribution >= 4 is 0 Å². The van der Waals surface area contributed by atoms with E-state index in [2.05, 4.69) is 62.3 Å². The fourth-order valence-electron chi connectivity index (χ4n) is 8.24. The molecule has 3 aliphatic rings. The van der Waals surface area contributed by atoms with E-state index >= 15 is 0 Å². The molecule has 2 saturated heterocycles. The third-order valence-corrected chi connectivity index (χ3v) is 12.6. The van der Waals surface area contributed by atoms with E-state index in [0.29, 0.717) is 72.7 Å². The molecular formula is C54H102O14. The van der Waals surface area contributed by atoms with E-state index in [1.165, 1.54) is 0 Å². The molecule has 3 aliphatic heterocycles. The number of unbranched alkanes of at least 4 members (excludes halogenated alkanes) is 9. The molecule has 0 aromatic rings. The van der Waals surface area contributed by atoms with Gasteiger partial charge in [0.2, 0.25) is 0 Å². The monoisotopic (exact) mass is 975 g/mol. The van der Waals surface area contributed by atoms with Crippen molar-refractivity contribution in [1.82, 2.24) is 0 Å². The van der Waals surface area contributed by atoms with Gasteiger partial charge < -0.3 is 66.3 Å². The Bertz CT molecular complexity index is 1180. The van der Waals surface area contributed by atoms with Gasteiger partial charge in [0, 0.05) is 59.5 Å². The van der Waals surface area contributed by atoms with E-state index in [1.54, 1.807) is 6.26 Å². The quantitative estimate of drug-likeness (QED) is 0.0537. The van der Waals surface area contributed by atoms with Crippen LogP contribution in [0.15, 0.2) is 12.3 Å². The normalized spacial score (nSPS) is 29.7. The Morgan fingerprint density at radius 1 is 0.324 bits per heavy atom. The van der Waals surface area contributed by atoms with Gasteiger partial charge in [-0.25, -0.2) is 0 Å². The lowest BCUT2D eigenvalue weighted by atomic mass is 9.95. The van der Waals surface area contributed by atoms with Crippen molar-refractivity contribution in [2.45, 2.75) is 258 Å². The third-order valence-electron chi connectivity index (χ3n) is 12.6. The van der Waals surface area contributed by atoms with E-state index in [4.69, 9.17) is 66.3 Å². The largest absolute Gasteiger partial charge is 0.493 e. The molecule has 0 aliphatic carbocycles. The topological polar surface area (TPSA) is 129 Å². The maximum absolute atomic E-state index is 7.43.